The van der Waals surface area contributed by atoms with Crippen molar-refractivity contribution in [2.45, 2.75) is 19.8 Å². The van der Waals surface area contributed by atoms with Gasteiger partial charge in [0.25, 0.3) is 5.69 Å². The van der Waals surface area contributed by atoms with Crippen LogP contribution in [0.25, 0.3) is 0 Å². The van der Waals surface area contributed by atoms with Crippen LogP contribution in [-0.2, 0) is 14.3 Å². The first-order valence-corrected chi connectivity index (χ1v) is 7.72. The van der Waals surface area contributed by atoms with E-state index in [0.29, 0.717) is 17.0 Å². The molecule has 136 valence electrons. The van der Waals surface area contributed by atoms with Gasteiger partial charge in [0.1, 0.15) is 6.61 Å². The summed E-state index contributed by atoms with van der Waals surface area (Å²) in [5, 5.41) is 23.6. The van der Waals surface area contributed by atoms with E-state index in [0.717, 1.165) is 0 Å². The molecule has 8 nitrogen and oxygen atoms in total. The van der Waals surface area contributed by atoms with Gasteiger partial charge in [0, 0.05) is 23.5 Å². The number of carboxylic acids is 1. The lowest BCUT2D eigenvalue weighted by Gasteiger charge is -2.29. The fourth-order valence-electron chi connectivity index (χ4n) is 2.91. The van der Waals surface area contributed by atoms with E-state index in [-0.39, 0.29) is 23.4 Å². The number of carbonyl (C=O) groups excluding carboxylic acids is 1. The highest BCUT2D eigenvalue weighted by atomic mass is 16.6. The molecule has 0 saturated carbocycles. The highest BCUT2D eigenvalue weighted by molar-refractivity contribution is 5.99. The van der Waals surface area contributed by atoms with Gasteiger partial charge in [-0.3, -0.25) is 10.1 Å². The van der Waals surface area contributed by atoms with Gasteiger partial charge in [-0.1, -0.05) is 24.8 Å². The Morgan fingerprint density at radius 3 is 2.58 bits per heavy atom. The second kappa shape index (κ2) is 7.64. The zero-order valence-electron chi connectivity index (χ0n) is 14.3. The van der Waals surface area contributed by atoms with Crippen LogP contribution in [0.2, 0.25) is 0 Å². The van der Waals surface area contributed by atoms with Gasteiger partial charge in [0.05, 0.1) is 22.0 Å². The molecule has 1 aliphatic rings. The Balaban J connectivity index is 2.65. The highest BCUT2D eigenvalue weighted by Crippen LogP contribution is 2.39. The minimum atomic E-state index is -1.23. The van der Waals surface area contributed by atoms with Gasteiger partial charge in [-0.05, 0) is 19.4 Å². The molecular formula is C18H18N2O6. The summed E-state index contributed by atoms with van der Waals surface area (Å²) in [5.74, 6) is -2.93. The van der Waals surface area contributed by atoms with E-state index in [2.05, 4.69) is 11.9 Å². The first kappa shape index (κ1) is 18.9. The standard InChI is InChI=1S/C18H18N2O6/c1-4-8-26-18(23)15-11(3)19-10(2)14(17(21)22)16(15)12-6-5-7-13(9-12)20(24)25/h4-7,9,16,19H,1,8H2,2-3H3,(H,21,22). The number of hydrogen-bond donors (Lipinski definition) is 2. The number of carboxylic acid groups (broad SMARTS) is 1. The van der Waals surface area contributed by atoms with Gasteiger partial charge < -0.3 is 15.2 Å². The number of nitrogens with one attached hydrogen (secondary N) is 1. The van der Waals surface area contributed by atoms with Gasteiger partial charge in [0.2, 0.25) is 0 Å². The lowest BCUT2D eigenvalue weighted by atomic mass is 9.80. The van der Waals surface area contributed by atoms with Crippen molar-refractivity contribution in [1.29, 1.82) is 0 Å². The molecule has 1 aliphatic heterocycles. The van der Waals surface area contributed by atoms with Crippen molar-refractivity contribution in [2.24, 2.45) is 0 Å². The van der Waals surface area contributed by atoms with Crippen LogP contribution in [0.15, 0.2) is 59.5 Å². The quantitative estimate of drug-likeness (QED) is 0.347. The molecule has 0 saturated heterocycles. The van der Waals surface area contributed by atoms with E-state index in [1.807, 2.05) is 0 Å². The number of benzene rings is 1. The van der Waals surface area contributed by atoms with Crippen molar-refractivity contribution in [1.82, 2.24) is 5.32 Å². The van der Waals surface area contributed by atoms with E-state index < -0.39 is 22.8 Å². The van der Waals surface area contributed by atoms with Gasteiger partial charge in [-0.2, -0.15) is 0 Å². The zero-order chi connectivity index (χ0) is 19.4. The summed E-state index contributed by atoms with van der Waals surface area (Å²) < 4.78 is 5.09. The molecule has 1 unspecified atom stereocenters. The van der Waals surface area contributed by atoms with Crippen LogP contribution < -0.4 is 5.32 Å². The fourth-order valence-corrected chi connectivity index (χ4v) is 2.91. The number of aliphatic carboxylic acids is 1. The van der Waals surface area contributed by atoms with Crippen molar-refractivity contribution < 1.29 is 24.4 Å². The third-order valence-corrected chi connectivity index (χ3v) is 3.96. The van der Waals surface area contributed by atoms with Crippen LogP contribution in [0.4, 0.5) is 5.69 Å². The Bertz CT molecular complexity index is 853. The molecule has 1 atom stereocenters. The normalized spacial score (nSPS) is 16.8. The molecule has 8 heteroatoms. The molecule has 2 N–H and O–H groups in total. The largest absolute Gasteiger partial charge is 0.478 e. The van der Waals surface area contributed by atoms with Crippen LogP contribution in [0.1, 0.15) is 25.3 Å². The van der Waals surface area contributed by atoms with Crippen molar-refractivity contribution in [3.05, 3.63) is 75.1 Å². The molecule has 0 radical (unpaired) electrons. The number of nitro benzene ring substituents is 1. The molecule has 0 bridgehead atoms. The minimum Gasteiger partial charge on any atom is -0.478 e. The van der Waals surface area contributed by atoms with Gasteiger partial charge in [-0.25, -0.2) is 9.59 Å². The third kappa shape index (κ3) is 3.64. The average Bonchev–Trinajstić information content (AvgIpc) is 2.58. The molecule has 0 aromatic heterocycles. The Hall–Kier alpha value is -3.42. The molecule has 0 spiro atoms. The highest BCUT2D eigenvalue weighted by Gasteiger charge is 2.37. The summed E-state index contributed by atoms with van der Waals surface area (Å²) in [6, 6.07) is 5.56. The van der Waals surface area contributed by atoms with Crippen LogP contribution in [0, 0.1) is 10.1 Å². The number of nitrogens with zero attached hydrogens (tertiary/aromatic N) is 1. The van der Waals surface area contributed by atoms with Crippen LogP contribution in [0.5, 0.6) is 0 Å². The lowest BCUT2D eigenvalue weighted by molar-refractivity contribution is -0.384. The Labute approximate surface area is 149 Å². The summed E-state index contributed by atoms with van der Waals surface area (Å²) in [6.07, 6.45) is 1.39. The molecular weight excluding hydrogens is 340 g/mol. The lowest BCUT2D eigenvalue weighted by Crippen LogP contribution is -2.31. The summed E-state index contributed by atoms with van der Waals surface area (Å²) in [5.41, 5.74) is 0.934. The number of ether oxygens (including phenoxy) is 1. The summed E-state index contributed by atoms with van der Waals surface area (Å²) in [6.45, 7) is 6.63. The molecule has 1 aromatic rings. The minimum absolute atomic E-state index is 0.0393. The topological polar surface area (TPSA) is 119 Å². The van der Waals surface area contributed by atoms with Crippen LogP contribution in [-0.4, -0.2) is 28.6 Å². The monoisotopic (exact) mass is 358 g/mol. The maximum atomic E-state index is 12.5. The van der Waals surface area contributed by atoms with Crippen molar-refractivity contribution in [3.8, 4) is 0 Å². The van der Waals surface area contributed by atoms with E-state index in [1.165, 1.54) is 24.3 Å². The summed E-state index contributed by atoms with van der Waals surface area (Å²) >= 11 is 0. The second-order valence-corrected chi connectivity index (χ2v) is 5.68. The fraction of sp³-hybridized carbons (Fsp3) is 0.222. The predicted octanol–water partition coefficient (Wildman–Crippen LogP) is 2.64. The number of nitro groups is 1. The van der Waals surface area contributed by atoms with E-state index >= 15 is 0 Å². The van der Waals surface area contributed by atoms with E-state index in [1.54, 1.807) is 19.9 Å². The number of esters is 1. The zero-order valence-corrected chi connectivity index (χ0v) is 14.3. The van der Waals surface area contributed by atoms with E-state index in [9.17, 15) is 24.8 Å². The van der Waals surface area contributed by atoms with Crippen LogP contribution in [0.3, 0.4) is 0 Å². The molecule has 0 amide bonds. The molecule has 1 aromatic carbocycles. The predicted molar refractivity (Wildman–Crippen MR) is 93.2 cm³/mol. The second-order valence-electron chi connectivity index (χ2n) is 5.68. The summed E-state index contributed by atoms with van der Waals surface area (Å²) in [4.78, 5) is 34.9. The maximum Gasteiger partial charge on any atom is 0.337 e. The van der Waals surface area contributed by atoms with Gasteiger partial charge in [-0.15, -0.1) is 0 Å². The Kier molecular flexibility index (Phi) is 5.56. The first-order valence-electron chi connectivity index (χ1n) is 7.72. The maximum absolute atomic E-state index is 12.5. The average molecular weight is 358 g/mol. The van der Waals surface area contributed by atoms with Crippen molar-refractivity contribution in [2.75, 3.05) is 6.61 Å². The Morgan fingerprint density at radius 1 is 1.35 bits per heavy atom. The number of dihydropyridines is 1. The van der Waals surface area contributed by atoms with E-state index in [4.69, 9.17) is 4.74 Å². The number of carbonyl (C=O) groups is 2. The van der Waals surface area contributed by atoms with Crippen molar-refractivity contribution >= 4 is 17.6 Å². The molecule has 26 heavy (non-hydrogen) atoms. The number of allylic oxidation sites excluding steroid dienone is 2. The van der Waals surface area contributed by atoms with Gasteiger partial charge in [0.15, 0.2) is 0 Å². The SMILES string of the molecule is C=CCOC(=O)C1=C(C)NC(C)=C(C(=O)O)C1c1cccc([N+](=O)[O-])c1. The van der Waals surface area contributed by atoms with Crippen molar-refractivity contribution in [3.63, 3.8) is 0 Å². The smallest absolute Gasteiger partial charge is 0.337 e. The Morgan fingerprint density at radius 2 is 2.00 bits per heavy atom. The molecule has 1 heterocycles. The number of hydrogen-bond acceptors (Lipinski definition) is 6. The molecule has 0 fully saturated rings. The number of rotatable bonds is 6. The molecule has 2 rings (SSSR count). The van der Waals surface area contributed by atoms with Crippen LogP contribution >= 0.6 is 0 Å². The third-order valence-electron chi connectivity index (χ3n) is 3.96. The van der Waals surface area contributed by atoms with Gasteiger partial charge >= 0.3 is 11.9 Å². The first-order chi connectivity index (χ1) is 12.3. The summed E-state index contributed by atoms with van der Waals surface area (Å²) in [7, 11) is 0. The molecule has 0 aliphatic carbocycles. The number of non-ortho nitro benzene ring substituents is 1.